The minimum absolute atomic E-state index is 0.129. The number of hydrogen-bond donors (Lipinski definition) is 1. The van der Waals surface area contributed by atoms with Crippen molar-refractivity contribution in [2.45, 2.75) is 50.5 Å². The van der Waals surface area contributed by atoms with Crippen LogP contribution in [0.5, 0.6) is 0 Å². The van der Waals surface area contributed by atoms with Crippen molar-refractivity contribution >= 4 is 11.9 Å². The standard InChI is InChI=1S/C19H20F6N2/c20-18(21,22)14-8-13(9-15(10-14)19(23,24)25)17-5-2-1-4-12(11-27-17)16-6-3-7-26-16/h5,8-12,16,26H,1-4,6-7H2. The van der Waals surface area contributed by atoms with Crippen molar-refractivity contribution in [2.24, 2.45) is 10.9 Å². The normalized spacial score (nSPS) is 24.4. The average Bonchev–Trinajstić information content (AvgIpc) is 3.07. The van der Waals surface area contributed by atoms with Gasteiger partial charge in [-0.3, -0.25) is 4.99 Å². The summed E-state index contributed by atoms with van der Waals surface area (Å²) in [6.07, 6.45) is -2.11. The lowest BCUT2D eigenvalue weighted by atomic mass is 9.92. The van der Waals surface area contributed by atoms with E-state index in [4.69, 9.17) is 0 Å². The molecule has 0 aliphatic carbocycles. The fourth-order valence-electron chi connectivity index (χ4n) is 3.57. The Balaban J connectivity index is 1.96. The lowest BCUT2D eigenvalue weighted by Gasteiger charge is -2.21. The Labute approximate surface area is 153 Å². The molecule has 2 atom stereocenters. The van der Waals surface area contributed by atoms with Crippen molar-refractivity contribution < 1.29 is 26.3 Å². The van der Waals surface area contributed by atoms with E-state index < -0.39 is 23.5 Å². The van der Waals surface area contributed by atoms with Crippen LogP contribution in [-0.2, 0) is 12.4 Å². The van der Waals surface area contributed by atoms with Crippen LogP contribution >= 0.6 is 0 Å². The number of aliphatic imine (C=N–C) groups is 1. The zero-order chi connectivity index (χ0) is 19.7. The maximum absolute atomic E-state index is 13.1. The molecule has 1 aromatic rings. The number of benzene rings is 1. The van der Waals surface area contributed by atoms with Gasteiger partial charge in [-0.25, -0.2) is 0 Å². The topological polar surface area (TPSA) is 24.4 Å². The predicted molar refractivity (Wildman–Crippen MR) is 91.3 cm³/mol. The molecule has 148 valence electrons. The number of rotatable bonds is 2. The first-order chi connectivity index (χ1) is 12.6. The van der Waals surface area contributed by atoms with Gasteiger partial charge in [-0.05, 0) is 56.8 Å². The highest BCUT2D eigenvalue weighted by Gasteiger charge is 2.37. The number of halogens is 6. The van der Waals surface area contributed by atoms with Gasteiger partial charge in [0, 0.05) is 23.7 Å². The van der Waals surface area contributed by atoms with Gasteiger partial charge in [-0.15, -0.1) is 0 Å². The van der Waals surface area contributed by atoms with Gasteiger partial charge in [0.15, 0.2) is 0 Å². The molecular formula is C19H20F6N2. The van der Waals surface area contributed by atoms with Crippen LogP contribution in [0.2, 0.25) is 0 Å². The van der Waals surface area contributed by atoms with E-state index in [9.17, 15) is 26.3 Å². The van der Waals surface area contributed by atoms with E-state index in [1.807, 2.05) is 0 Å². The van der Waals surface area contributed by atoms with Crippen LogP contribution in [0, 0.1) is 5.92 Å². The molecule has 2 aliphatic heterocycles. The van der Waals surface area contributed by atoms with Gasteiger partial charge in [0.25, 0.3) is 0 Å². The third kappa shape index (κ3) is 4.91. The van der Waals surface area contributed by atoms with Gasteiger partial charge in [0.2, 0.25) is 0 Å². The maximum atomic E-state index is 13.1. The molecule has 0 amide bonds. The lowest BCUT2D eigenvalue weighted by Crippen LogP contribution is -2.31. The first kappa shape index (κ1) is 19.9. The van der Waals surface area contributed by atoms with Crippen LogP contribution in [0.3, 0.4) is 0 Å². The zero-order valence-electron chi connectivity index (χ0n) is 14.5. The van der Waals surface area contributed by atoms with E-state index in [0.717, 1.165) is 44.4 Å². The molecule has 2 heterocycles. The highest BCUT2D eigenvalue weighted by atomic mass is 19.4. The molecule has 0 radical (unpaired) electrons. The Hall–Kier alpha value is -1.83. The van der Waals surface area contributed by atoms with Gasteiger partial charge < -0.3 is 5.32 Å². The van der Waals surface area contributed by atoms with Crippen LogP contribution < -0.4 is 5.32 Å². The van der Waals surface area contributed by atoms with Gasteiger partial charge in [-0.2, -0.15) is 26.3 Å². The molecule has 1 saturated heterocycles. The molecule has 3 rings (SSSR count). The second-order valence-corrected chi connectivity index (χ2v) is 6.96. The Morgan fingerprint density at radius 3 is 2.11 bits per heavy atom. The Morgan fingerprint density at radius 1 is 0.889 bits per heavy atom. The van der Waals surface area contributed by atoms with Crippen molar-refractivity contribution in [3.05, 3.63) is 41.0 Å². The van der Waals surface area contributed by atoms with E-state index >= 15 is 0 Å². The van der Waals surface area contributed by atoms with E-state index in [-0.39, 0.29) is 29.3 Å². The summed E-state index contributed by atoms with van der Waals surface area (Å²) in [6.45, 7) is 0.917. The summed E-state index contributed by atoms with van der Waals surface area (Å²) in [5.74, 6) is 0.129. The summed E-state index contributed by atoms with van der Waals surface area (Å²) < 4.78 is 78.5. The van der Waals surface area contributed by atoms with Gasteiger partial charge in [-0.1, -0.05) is 6.08 Å². The number of nitrogens with one attached hydrogen (secondary N) is 1. The number of nitrogens with zero attached hydrogens (tertiary/aromatic N) is 1. The molecular weight excluding hydrogens is 370 g/mol. The number of alkyl halides is 6. The summed E-state index contributed by atoms with van der Waals surface area (Å²) in [5, 5.41) is 3.38. The highest BCUT2D eigenvalue weighted by Crippen LogP contribution is 2.38. The molecule has 8 heteroatoms. The lowest BCUT2D eigenvalue weighted by molar-refractivity contribution is -0.143. The molecule has 2 aliphatic rings. The average molecular weight is 390 g/mol. The van der Waals surface area contributed by atoms with Crippen molar-refractivity contribution in [1.82, 2.24) is 5.32 Å². The third-order valence-electron chi connectivity index (χ3n) is 4.98. The summed E-state index contributed by atoms with van der Waals surface area (Å²) in [5.41, 5.74) is -2.64. The Kier molecular flexibility index (Phi) is 5.65. The third-order valence-corrected chi connectivity index (χ3v) is 4.98. The molecule has 0 saturated carbocycles. The molecule has 27 heavy (non-hydrogen) atoms. The predicted octanol–water partition coefficient (Wildman–Crippen LogP) is 5.69. The van der Waals surface area contributed by atoms with Crippen molar-refractivity contribution in [2.75, 3.05) is 6.54 Å². The second-order valence-electron chi connectivity index (χ2n) is 6.96. The summed E-state index contributed by atoms with van der Waals surface area (Å²) >= 11 is 0. The van der Waals surface area contributed by atoms with Crippen molar-refractivity contribution in [1.29, 1.82) is 0 Å². The van der Waals surface area contributed by atoms with Gasteiger partial charge in [0.05, 0.1) is 16.8 Å². The SMILES string of the molecule is FC(F)(F)c1cc(C2=CCCCC(C3CCCN3)C=N2)cc(C(F)(F)F)c1. The second kappa shape index (κ2) is 7.66. The molecule has 2 nitrogen and oxygen atoms in total. The van der Waals surface area contributed by atoms with Gasteiger partial charge in [0.1, 0.15) is 0 Å². The quantitative estimate of drug-likeness (QED) is 0.645. The van der Waals surface area contributed by atoms with Crippen LogP contribution in [0.25, 0.3) is 5.70 Å². The van der Waals surface area contributed by atoms with E-state index in [1.165, 1.54) is 0 Å². The van der Waals surface area contributed by atoms with E-state index in [0.29, 0.717) is 6.42 Å². The minimum Gasteiger partial charge on any atom is -0.313 e. The number of allylic oxidation sites excluding steroid dienone is 1. The van der Waals surface area contributed by atoms with Crippen molar-refractivity contribution in [3.63, 3.8) is 0 Å². The molecule has 0 bridgehead atoms. The maximum Gasteiger partial charge on any atom is 0.416 e. The first-order valence-corrected chi connectivity index (χ1v) is 8.92. The zero-order valence-corrected chi connectivity index (χ0v) is 14.5. The minimum atomic E-state index is -4.86. The van der Waals surface area contributed by atoms with Crippen LogP contribution in [0.1, 0.15) is 48.8 Å². The van der Waals surface area contributed by atoms with Gasteiger partial charge >= 0.3 is 12.4 Å². The number of hydrogen-bond acceptors (Lipinski definition) is 2. The Morgan fingerprint density at radius 2 is 1.56 bits per heavy atom. The fourth-order valence-corrected chi connectivity index (χ4v) is 3.57. The summed E-state index contributed by atoms with van der Waals surface area (Å²) in [7, 11) is 0. The van der Waals surface area contributed by atoms with E-state index in [1.54, 1.807) is 12.3 Å². The summed E-state index contributed by atoms with van der Waals surface area (Å²) in [4.78, 5) is 4.29. The van der Waals surface area contributed by atoms with Crippen LogP contribution in [-0.4, -0.2) is 18.8 Å². The largest absolute Gasteiger partial charge is 0.416 e. The Bertz CT molecular complexity index is 694. The highest BCUT2D eigenvalue weighted by molar-refractivity contribution is 5.76. The summed E-state index contributed by atoms with van der Waals surface area (Å²) in [6, 6.07) is 1.88. The molecule has 1 fully saturated rings. The van der Waals surface area contributed by atoms with Crippen molar-refractivity contribution in [3.8, 4) is 0 Å². The molecule has 0 aromatic heterocycles. The first-order valence-electron chi connectivity index (χ1n) is 8.92. The van der Waals surface area contributed by atoms with Crippen LogP contribution in [0.4, 0.5) is 26.3 Å². The monoisotopic (exact) mass is 390 g/mol. The molecule has 0 spiro atoms. The van der Waals surface area contributed by atoms with Crippen LogP contribution in [0.15, 0.2) is 29.3 Å². The molecule has 2 unspecified atom stereocenters. The molecule has 1 aromatic carbocycles. The smallest absolute Gasteiger partial charge is 0.313 e. The molecule has 1 N–H and O–H groups in total. The van der Waals surface area contributed by atoms with E-state index in [2.05, 4.69) is 10.3 Å². The fraction of sp³-hybridized carbons (Fsp3) is 0.526.